The van der Waals surface area contributed by atoms with E-state index < -0.39 is 6.10 Å². The predicted molar refractivity (Wildman–Crippen MR) is 81.3 cm³/mol. The van der Waals surface area contributed by atoms with Gasteiger partial charge in [0.25, 0.3) is 0 Å². The van der Waals surface area contributed by atoms with Gasteiger partial charge in [0, 0.05) is 4.47 Å². The Kier molecular flexibility index (Phi) is 5.16. The molecule has 102 valence electrons. The number of nitriles is 1. The van der Waals surface area contributed by atoms with Crippen molar-refractivity contribution in [2.75, 3.05) is 6.61 Å². The minimum atomic E-state index is -0.757. The third-order valence-electron chi connectivity index (χ3n) is 2.79. The third kappa shape index (κ3) is 3.83. The van der Waals surface area contributed by atoms with Gasteiger partial charge in [0.15, 0.2) is 0 Å². The van der Waals surface area contributed by atoms with E-state index in [0.717, 1.165) is 15.6 Å². The van der Waals surface area contributed by atoms with Gasteiger partial charge in [0.05, 0.1) is 12.5 Å². The molecule has 20 heavy (non-hydrogen) atoms. The molecule has 1 N–H and O–H groups in total. The Bertz CT molecular complexity index is 608. The van der Waals surface area contributed by atoms with Crippen LogP contribution in [-0.2, 0) is 0 Å². The minimum absolute atomic E-state index is 0.0727. The highest BCUT2D eigenvalue weighted by molar-refractivity contribution is 9.10. The molecule has 4 heteroatoms. The van der Waals surface area contributed by atoms with Gasteiger partial charge >= 0.3 is 0 Å². The van der Waals surface area contributed by atoms with Crippen LogP contribution in [0.3, 0.4) is 0 Å². The van der Waals surface area contributed by atoms with Gasteiger partial charge in [-0.25, -0.2) is 0 Å². The van der Waals surface area contributed by atoms with Crippen LogP contribution in [0, 0.1) is 11.3 Å². The van der Waals surface area contributed by atoms with E-state index in [-0.39, 0.29) is 13.0 Å². The number of halogens is 1. The lowest BCUT2D eigenvalue weighted by Gasteiger charge is -2.11. The molecule has 0 heterocycles. The standard InChI is InChI=1S/C16H14BrNO2/c17-16-10-14(20-11-13(19)8-9-18)6-7-15(16)12-4-2-1-3-5-12/h1-7,10,13,19H,8,11H2/t13-/m0/s1. The molecule has 0 aliphatic carbocycles. The van der Waals surface area contributed by atoms with Gasteiger partial charge in [-0.1, -0.05) is 46.3 Å². The largest absolute Gasteiger partial charge is 0.491 e. The molecule has 2 rings (SSSR count). The normalized spacial score (nSPS) is 11.7. The molecular formula is C16H14BrNO2. The molecule has 0 spiro atoms. The number of hydrogen-bond acceptors (Lipinski definition) is 3. The first kappa shape index (κ1) is 14.6. The van der Waals surface area contributed by atoms with Crippen LogP contribution in [0.15, 0.2) is 53.0 Å². The van der Waals surface area contributed by atoms with Gasteiger partial charge in [-0.2, -0.15) is 5.26 Å². The summed E-state index contributed by atoms with van der Waals surface area (Å²) >= 11 is 3.53. The van der Waals surface area contributed by atoms with Crippen molar-refractivity contribution >= 4 is 15.9 Å². The third-order valence-corrected chi connectivity index (χ3v) is 3.45. The molecule has 0 aliphatic heterocycles. The fourth-order valence-electron chi connectivity index (χ4n) is 1.79. The Balaban J connectivity index is 2.09. The first-order valence-corrected chi connectivity index (χ1v) is 7.03. The molecule has 1 atom stereocenters. The van der Waals surface area contributed by atoms with Crippen molar-refractivity contribution in [2.45, 2.75) is 12.5 Å². The molecule has 0 unspecified atom stereocenters. The molecule has 0 fully saturated rings. The molecular weight excluding hydrogens is 318 g/mol. The van der Waals surface area contributed by atoms with Crippen LogP contribution in [0.4, 0.5) is 0 Å². The summed E-state index contributed by atoms with van der Waals surface area (Å²) in [6.07, 6.45) is -0.684. The first-order valence-electron chi connectivity index (χ1n) is 6.23. The Morgan fingerprint density at radius 3 is 2.60 bits per heavy atom. The molecule has 0 aliphatic rings. The monoisotopic (exact) mass is 331 g/mol. The van der Waals surface area contributed by atoms with Crippen LogP contribution in [0.2, 0.25) is 0 Å². The van der Waals surface area contributed by atoms with Gasteiger partial charge in [-0.15, -0.1) is 0 Å². The van der Waals surface area contributed by atoms with Crippen molar-refractivity contribution in [1.29, 1.82) is 5.26 Å². The molecule has 2 aromatic rings. The maximum atomic E-state index is 9.45. The Hall–Kier alpha value is -1.83. The fourth-order valence-corrected chi connectivity index (χ4v) is 2.38. The minimum Gasteiger partial charge on any atom is -0.491 e. The zero-order chi connectivity index (χ0) is 14.4. The van der Waals surface area contributed by atoms with Gasteiger partial charge < -0.3 is 9.84 Å². The molecule has 0 aromatic heterocycles. The first-order chi connectivity index (χ1) is 9.70. The van der Waals surface area contributed by atoms with Crippen molar-refractivity contribution in [3.63, 3.8) is 0 Å². The second kappa shape index (κ2) is 7.09. The summed E-state index contributed by atoms with van der Waals surface area (Å²) in [5.74, 6) is 0.661. The Labute approximate surface area is 126 Å². The van der Waals surface area contributed by atoms with Gasteiger partial charge in [0.1, 0.15) is 18.5 Å². The highest BCUT2D eigenvalue weighted by Crippen LogP contribution is 2.31. The summed E-state index contributed by atoms with van der Waals surface area (Å²) in [6.45, 7) is 0.116. The van der Waals surface area contributed by atoms with Crippen LogP contribution >= 0.6 is 15.9 Å². The van der Waals surface area contributed by atoms with E-state index in [9.17, 15) is 5.11 Å². The summed E-state index contributed by atoms with van der Waals surface area (Å²) in [7, 11) is 0. The van der Waals surface area contributed by atoms with Crippen LogP contribution < -0.4 is 4.74 Å². The fraction of sp³-hybridized carbons (Fsp3) is 0.188. The quantitative estimate of drug-likeness (QED) is 0.907. The summed E-state index contributed by atoms with van der Waals surface area (Å²) in [6, 6.07) is 17.6. The second-order valence-corrected chi connectivity index (χ2v) is 5.19. The molecule has 0 saturated carbocycles. The molecule has 0 amide bonds. The maximum absolute atomic E-state index is 9.45. The average molecular weight is 332 g/mol. The second-order valence-electron chi connectivity index (χ2n) is 4.33. The van der Waals surface area contributed by atoms with E-state index >= 15 is 0 Å². The van der Waals surface area contributed by atoms with Crippen LogP contribution in [0.25, 0.3) is 11.1 Å². The lowest BCUT2D eigenvalue weighted by Crippen LogP contribution is -2.16. The smallest absolute Gasteiger partial charge is 0.120 e. The van der Waals surface area contributed by atoms with Crippen LogP contribution in [0.5, 0.6) is 5.75 Å². The highest BCUT2D eigenvalue weighted by atomic mass is 79.9. The van der Waals surface area contributed by atoms with Crippen molar-refractivity contribution in [3.8, 4) is 22.9 Å². The van der Waals surface area contributed by atoms with E-state index in [1.165, 1.54) is 0 Å². The number of nitrogens with zero attached hydrogens (tertiary/aromatic N) is 1. The van der Waals surface area contributed by atoms with Crippen molar-refractivity contribution < 1.29 is 9.84 Å². The van der Waals surface area contributed by atoms with Gasteiger partial charge in [-0.05, 0) is 29.3 Å². The average Bonchev–Trinajstić information content (AvgIpc) is 2.46. The molecule has 0 radical (unpaired) electrons. The number of aliphatic hydroxyl groups excluding tert-OH is 1. The number of rotatable bonds is 5. The van der Waals surface area contributed by atoms with Crippen molar-refractivity contribution in [2.24, 2.45) is 0 Å². The van der Waals surface area contributed by atoms with Crippen LogP contribution in [-0.4, -0.2) is 17.8 Å². The van der Waals surface area contributed by atoms with Gasteiger partial charge in [-0.3, -0.25) is 0 Å². The molecule has 0 saturated heterocycles. The highest BCUT2D eigenvalue weighted by Gasteiger charge is 2.07. The van der Waals surface area contributed by atoms with Crippen molar-refractivity contribution in [3.05, 3.63) is 53.0 Å². The predicted octanol–water partition coefficient (Wildman–Crippen LogP) is 3.77. The van der Waals surface area contributed by atoms with E-state index in [4.69, 9.17) is 10.00 Å². The van der Waals surface area contributed by atoms with E-state index in [2.05, 4.69) is 15.9 Å². The summed E-state index contributed by atoms with van der Waals surface area (Å²) < 4.78 is 6.39. The molecule has 2 aromatic carbocycles. The van der Waals surface area contributed by atoms with E-state index in [0.29, 0.717) is 5.75 Å². The number of ether oxygens (including phenoxy) is 1. The summed E-state index contributed by atoms with van der Waals surface area (Å²) in [4.78, 5) is 0. The van der Waals surface area contributed by atoms with Gasteiger partial charge in [0.2, 0.25) is 0 Å². The summed E-state index contributed by atoms with van der Waals surface area (Å²) in [5, 5.41) is 17.9. The molecule has 3 nitrogen and oxygen atoms in total. The topological polar surface area (TPSA) is 53.2 Å². The van der Waals surface area contributed by atoms with E-state index in [1.54, 1.807) is 0 Å². The lowest BCUT2D eigenvalue weighted by molar-refractivity contribution is 0.111. The SMILES string of the molecule is N#CC[C@H](O)COc1ccc(-c2ccccc2)c(Br)c1. The maximum Gasteiger partial charge on any atom is 0.120 e. The van der Waals surface area contributed by atoms with Crippen LogP contribution in [0.1, 0.15) is 6.42 Å². The molecule has 0 bridgehead atoms. The van der Waals surface area contributed by atoms with E-state index in [1.807, 2.05) is 54.6 Å². The number of aliphatic hydroxyl groups is 1. The van der Waals surface area contributed by atoms with Crippen molar-refractivity contribution in [1.82, 2.24) is 0 Å². The zero-order valence-corrected chi connectivity index (χ0v) is 12.4. The number of benzene rings is 2. The lowest BCUT2D eigenvalue weighted by atomic mass is 10.1. The summed E-state index contributed by atoms with van der Waals surface area (Å²) in [5.41, 5.74) is 2.20. The number of hydrogen-bond donors (Lipinski definition) is 1. The Morgan fingerprint density at radius 2 is 1.95 bits per heavy atom. The Morgan fingerprint density at radius 1 is 1.20 bits per heavy atom. The zero-order valence-electron chi connectivity index (χ0n) is 10.8.